The molecule has 1 aliphatic heterocycles. The van der Waals surface area contributed by atoms with E-state index in [0.717, 1.165) is 5.76 Å². The van der Waals surface area contributed by atoms with Gasteiger partial charge in [-0.25, -0.2) is 14.6 Å². The van der Waals surface area contributed by atoms with Gasteiger partial charge in [0.05, 0.1) is 18.4 Å². The van der Waals surface area contributed by atoms with Crippen LogP contribution in [0.1, 0.15) is 35.9 Å². The van der Waals surface area contributed by atoms with Crippen LogP contribution in [-0.2, 0) is 16.0 Å². The number of carbonyl (C=O) groups excluding carboxylic acids is 3. The van der Waals surface area contributed by atoms with Crippen molar-refractivity contribution in [3.8, 4) is 0 Å². The molecule has 2 heterocycles. The van der Waals surface area contributed by atoms with Gasteiger partial charge in [0.15, 0.2) is 0 Å². The number of ether oxygens (including phenoxy) is 1. The molecule has 3 amide bonds. The second-order valence-electron chi connectivity index (χ2n) is 6.30. The second kappa shape index (κ2) is 9.07. The molecule has 0 unspecified atom stereocenters. The lowest BCUT2D eigenvalue weighted by atomic mass is 10.2. The average Bonchev–Trinajstić information content (AvgIpc) is 3.38. The van der Waals surface area contributed by atoms with Crippen molar-refractivity contribution in [2.75, 3.05) is 25.0 Å². The molecule has 1 N–H and O–H groups in total. The predicted molar refractivity (Wildman–Crippen MR) is 101 cm³/mol. The molecule has 1 fully saturated rings. The topological polar surface area (TPSA) is 92.1 Å². The summed E-state index contributed by atoms with van der Waals surface area (Å²) in [5.41, 5.74) is 0.817. The number of hydrazine groups is 1. The Labute approximate surface area is 163 Å². The molecule has 0 atom stereocenters. The van der Waals surface area contributed by atoms with Gasteiger partial charge in [-0.15, -0.1) is 0 Å². The maximum atomic E-state index is 12.7. The van der Waals surface area contributed by atoms with Gasteiger partial charge in [0, 0.05) is 31.6 Å². The van der Waals surface area contributed by atoms with Crippen molar-refractivity contribution in [2.24, 2.45) is 0 Å². The number of amides is 3. The van der Waals surface area contributed by atoms with Gasteiger partial charge in [-0.1, -0.05) is 6.07 Å². The van der Waals surface area contributed by atoms with Crippen LogP contribution in [0.2, 0.25) is 0 Å². The molecular weight excluding hydrogens is 362 g/mol. The number of aryl methyl sites for hydroxylation is 1. The van der Waals surface area contributed by atoms with Gasteiger partial charge in [-0.2, -0.15) is 0 Å². The van der Waals surface area contributed by atoms with Crippen LogP contribution in [0.3, 0.4) is 0 Å². The van der Waals surface area contributed by atoms with Crippen molar-refractivity contribution in [1.29, 1.82) is 0 Å². The Balaban J connectivity index is 1.60. The molecule has 8 heteroatoms. The Morgan fingerprint density at radius 2 is 1.96 bits per heavy atom. The van der Waals surface area contributed by atoms with E-state index >= 15 is 0 Å². The zero-order valence-corrected chi connectivity index (χ0v) is 15.7. The van der Waals surface area contributed by atoms with Crippen LogP contribution in [0.5, 0.6) is 0 Å². The number of hydrogen-bond acceptors (Lipinski definition) is 5. The summed E-state index contributed by atoms with van der Waals surface area (Å²) in [6.45, 7) is 2.95. The summed E-state index contributed by atoms with van der Waals surface area (Å²) in [7, 11) is 0. The van der Waals surface area contributed by atoms with E-state index in [1.807, 2.05) is 6.07 Å². The summed E-state index contributed by atoms with van der Waals surface area (Å²) >= 11 is 0. The zero-order chi connectivity index (χ0) is 19.9. The molecule has 0 saturated carbocycles. The SMILES string of the molecule is CCOC(=O)c1cccc(NC(=O)N2CCCN2C(=O)CCc2ccco2)c1. The van der Waals surface area contributed by atoms with Crippen LogP contribution < -0.4 is 5.32 Å². The normalized spacial score (nSPS) is 13.5. The molecule has 1 aromatic heterocycles. The standard InChI is InChI=1S/C20H23N3O5/c1-2-27-19(25)15-6-3-7-16(14-15)21-20(26)23-12-5-11-22(23)18(24)10-9-17-8-4-13-28-17/h3-4,6-8,13-14H,2,5,9-12H2,1H3,(H,21,26). The molecule has 1 aliphatic rings. The van der Waals surface area contributed by atoms with Crippen molar-refractivity contribution < 1.29 is 23.5 Å². The summed E-state index contributed by atoms with van der Waals surface area (Å²) < 4.78 is 10.2. The number of rotatable bonds is 6. The quantitative estimate of drug-likeness (QED) is 0.772. The van der Waals surface area contributed by atoms with Gasteiger partial charge in [-0.3, -0.25) is 9.80 Å². The van der Waals surface area contributed by atoms with Crippen LogP contribution >= 0.6 is 0 Å². The molecule has 0 radical (unpaired) electrons. The number of carbonyl (C=O) groups is 3. The minimum Gasteiger partial charge on any atom is -0.469 e. The minimum atomic E-state index is -0.450. The van der Waals surface area contributed by atoms with E-state index in [4.69, 9.17) is 9.15 Å². The lowest BCUT2D eigenvalue weighted by Crippen LogP contribution is -2.46. The zero-order valence-electron chi connectivity index (χ0n) is 15.7. The van der Waals surface area contributed by atoms with Crippen LogP contribution in [0.15, 0.2) is 47.1 Å². The number of urea groups is 1. The maximum Gasteiger partial charge on any atom is 0.340 e. The Morgan fingerprint density at radius 1 is 1.14 bits per heavy atom. The first-order valence-corrected chi connectivity index (χ1v) is 9.27. The number of nitrogens with one attached hydrogen (secondary N) is 1. The van der Waals surface area contributed by atoms with Crippen LogP contribution in [0.4, 0.5) is 10.5 Å². The Bertz CT molecular complexity index is 834. The highest BCUT2D eigenvalue weighted by molar-refractivity contribution is 5.94. The van der Waals surface area contributed by atoms with E-state index in [1.54, 1.807) is 43.5 Å². The van der Waals surface area contributed by atoms with Gasteiger partial charge >= 0.3 is 12.0 Å². The van der Waals surface area contributed by atoms with E-state index < -0.39 is 12.0 Å². The Kier molecular flexibility index (Phi) is 6.31. The van der Waals surface area contributed by atoms with Crippen molar-refractivity contribution in [3.63, 3.8) is 0 Å². The lowest BCUT2D eigenvalue weighted by molar-refractivity contribution is -0.139. The van der Waals surface area contributed by atoms with Crippen LogP contribution in [-0.4, -0.2) is 47.6 Å². The third kappa shape index (κ3) is 4.70. The van der Waals surface area contributed by atoms with E-state index in [9.17, 15) is 14.4 Å². The molecule has 0 spiro atoms. The maximum absolute atomic E-state index is 12.7. The fraction of sp³-hybridized carbons (Fsp3) is 0.350. The summed E-state index contributed by atoms with van der Waals surface area (Å²) in [5, 5.41) is 5.61. The third-order valence-corrected chi connectivity index (χ3v) is 4.34. The molecular formula is C20H23N3O5. The number of anilines is 1. The summed E-state index contributed by atoms with van der Waals surface area (Å²) in [6.07, 6.45) is 3.03. The third-order valence-electron chi connectivity index (χ3n) is 4.34. The van der Waals surface area contributed by atoms with E-state index in [-0.39, 0.29) is 18.9 Å². The number of furan rings is 1. The summed E-state index contributed by atoms with van der Waals surface area (Å²) in [6, 6.07) is 9.70. The van der Waals surface area contributed by atoms with E-state index in [1.165, 1.54) is 10.0 Å². The molecule has 0 aliphatic carbocycles. The van der Waals surface area contributed by atoms with Gasteiger partial charge < -0.3 is 14.5 Å². The summed E-state index contributed by atoms with van der Waals surface area (Å²) in [4.78, 5) is 37.0. The van der Waals surface area contributed by atoms with Crippen molar-refractivity contribution in [1.82, 2.24) is 10.0 Å². The van der Waals surface area contributed by atoms with Gasteiger partial charge in [0.1, 0.15) is 5.76 Å². The molecule has 148 valence electrons. The highest BCUT2D eigenvalue weighted by atomic mass is 16.5. The predicted octanol–water partition coefficient (Wildman–Crippen LogP) is 3.07. The Morgan fingerprint density at radius 3 is 2.71 bits per heavy atom. The van der Waals surface area contributed by atoms with E-state index in [2.05, 4.69) is 5.32 Å². The molecule has 8 nitrogen and oxygen atoms in total. The minimum absolute atomic E-state index is 0.135. The number of esters is 1. The first-order chi connectivity index (χ1) is 13.6. The molecule has 28 heavy (non-hydrogen) atoms. The molecule has 0 bridgehead atoms. The number of benzene rings is 1. The molecule has 2 aromatic rings. The second-order valence-corrected chi connectivity index (χ2v) is 6.30. The monoisotopic (exact) mass is 385 g/mol. The van der Waals surface area contributed by atoms with Crippen LogP contribution in [0, 0.1) is 0 Å². The highest BCUT2D eigenvalue weighted by Gasteiger charge is 2.30. The van der Waals surface area contributed by atoms with Crippen molar-refractivity contribution in [3.05, 3.63) is 54.0 Å². The first kappa shape index (κ1) is 19.5. The Hall–Kier alpha value is -3.29. The lowest BCUT2D eigenvalue weighted by Gasteiger charge is -2.28. The van der Waals surface area contributed by atoms with Crippen molar-refractivity contribution >= 4 is 23.6 Å². The van der Waals surface area contributed by atoms with E-state index in [0.29, 0.717) is 37.2 Å². The fourth-order valence-electron chi connectivity index (χ4n) is 3.02. The average molecular weight is 385 g/mol. The highest BCUT2D eigenvalue weighted by Crippen LogP contribution is 2.17. The molecule has 3 rings (SSSR count). The summed E-state index contributed by atoms with van der Waals surface area (Å²) in [5.74, 6) is 0.151. The number of nitrogens with zero attached hydrogens (tertiary/aromatic N) is 2. The van der Waals surface area contributed by atoms with Crippen LogP contribution in [0.25, 0.3) is 0 Å². The number of hydrogen-bond donors (Lipinski definition) is 1. The largest absolute Gasteiger partial charge is 0.469 e. The van der Waals surface area contributed by atoms with Gasteiger partial charge in [-0.05, 0) is 43.7 Å². The van der Waals surface area contributed by atoms with Gasteiger partial charge in [0.2, 0.25) is 5.91 Å². The first-order valence-electron chi connectivity index (χ1n) is 9.27. The van der Waals surface area contributed by atoms with Crippen molar-refractivity contribution in [2.45, 2.75) is 26.2 Å². The van der Waals surface area contributed by atoms with Gasteiger partial charge in [0.25, 0.3) is 0 Å². The fourth-order valence-corrected chi connectivity index (χ4v) is 3.02. The molecule has 1 saturated heterocycles. The molecule has 1 aromatic carbocycles. The smallest absolute Gasteiger partial charge is 0.340 e.